The Morgan fingerprint density at radius 2 is 2.05 bits per heavy atom. The summed E-state index contributed by atoms with van der Waals surface area (Å²) in [6, 6.07) is 5.78. The van der Waals surface area contributed by atoms with Crippen molar-refractivity contribution in [3.8, 4) is 5.75 Å². The molecule has 112 valence electrons. The molecular weight excluding hydrogens is 298 g/mol. The molecule has 1 aromatic carbocycles. The van der Waals surface area contributed by atoms with Crippen LogP contribution in [0.2, 0.25) is 5.02 Å². The molecule has 0 unspecified atom stereocenters. The molecule has 0 atom stereocenters. The van der Waals surface area contributed by atoms with E-state index in [2.05, 4.69) is 5.32 Å². The maximum atomic E-state index is 11.4. The number of sulfone groups is 1. The molecule has 20 heavy (non-hydrogen) atoms. The minimum absolute atomic E-state index is 0.192. The molecule has 0 radical (unpaired) electrons. The maximum Gasteiger partial charge on any atom is 0.150 e. The molecule has 1 fully saturated rings. The van der Waals surface area contributed by atoms with E-state index in [0.717, 1.165) is 12.1 Å². The molecule has 1 aliphatic rings. The molecule has 0 saturated carbocycles. The Kier molecular flexibility index (Phi) is 5.16. The number of anilines is 1. The second-order valence-corrected chi connectivity index (χ2v) is 7.77. The summed E-state index contributed by atoms with van der Waals surface area (Å²) in [6.45, 7) is 2.69. The van der Waals surface area contributed by atoms with E-state index in [1.165, 1.54) is 0 Å². The van der Waals surface area contributed by atoms with E-state index in [-0.39, 0.29) is 17.5 Å². The molecule has 6 heteroatoms. The highest BCUT2D eigenvalue weighted by Crippen LogP contribution is 2.29. The number of rotatable bonds is 5. The first-order valence-corrected chi connectivity index (χ1v) is 9.09. The lowest BCUT2D eigenvalue weighted by Gasteiger charge is -2.24. The molecule has 0 aliphatic carbocycles. The van der Waals surface area contributed by atoms with Crippen LogP contribution in [-0.2, 0) is 9.84 Å². The fraction of sp³-hybridized carbons (Fsp3) is 0.571. The predicted octanol–water partition coefficient (Wildman–Crippen LogP) is 3.12. The molecular formula is C14H20ClNO3S. The van der Waals surface area contributed by atoms with Gasteiger partial charge >= 0.3 is 0 Å². The molecule has 1 heterocycles. The zero-order valence-corrected chi connectivity index (χ0v) is 13.1. The molecule has 0 bridgehead atoms. The molecule has 0 amide bonds. The van der Waals surface area contributed by atoms with E-state index in [0.29, 0.717) is 30.2 Å². The van der Waals surface area contributed by atoms with Gasteiger partial charge in [-0.1, -0.05) is 18.5 Å². The van der Waals surface area contributed by atoms with Crippen LogP contribution >= 0.6 is 11.6 Å². The number of hydrogen-bond acceptors (Lipinski definition) is 4. The standard InChI is InChI=1S/C14H20ClNO3S/c1-2-7-19-14-4-3-12(10-13(14)15)16-11-5-8-20(17,18)9-6-11/h3-4,10-11,16H,2,5-9H2,1H3. The Balaban J connectivity index is 1.95. The lowest BCUT2D eigenvalue weighted by atomic mass is 10.1. The molecule has 1 aromatic rings. The third-order valence-electron chi connectivity index (χ3n) is 3.32. The van der Waals surface area contributed by atoms with Crippen LogP contribution in [0.25, 0.3) is 0 Å². The Labute approximate surface area is 125 Å². The fourth-order valence-corrected chi connectivity index (χ4v) is 3.92. The van der Waals surface area contributed by atoms with E-state index < -0.39 is 9.84 Å². The Bertz CT molecular complexity index is 546. The minimum Gasteiger partial charge on any atom is -0.492 e. The normalized spacial score (nSPS) is 18.7. The summed E-state index contributed by atoms with van der Waals surface area (Å²) in [5, 5.41) is 3.91. The fourth-order valence-electron chi connectivity index (χ4n) is 2.19. The number of halogens is 1. The number of benzene rings is 1. The van der Waals surface area contributed by atoms with E-state index in [9.17, 15) is 8.42 Å². The van der Waals surface area contributed by atoms with Crippen LogP contribution in [0, 0.1) is 0 Å². The summed E-state index contributed by atoms with van der Waals surface area (Å²) in [7, 11) is -2.82. The largest absolute Gasteiger partial charge is 0.492 e. The second-order valence-electron chi connectivity index (χ2n) is 5.06. The first-order chi connectivity index (χ1) is 9.50. The van der Waals surface area contributed by atoms with Crippen LogP contribution in [0.5, 0.6) is 5.75 Å². The SMILES string of the molecule is CCCOc1ccc(NC2CCS(=O)(=O)CC2)cc1Cl. The lowest BCUT2D eigenvalue weighted by molar-refractivity contribution is 0.317. The van der Waals surface area contributed by atoms with Gasteiger partial charge in [0.1, 0.15) is 15.6 Å². The van der Waals surface area contributed by atoms with Gasteiger partial charge in [-0.2, -0.15) is 0 Å². The first kappa shape index (κ1) is 15.4. The molecule has 1 saturated heterocycles. The van der Waals surface area contributed by atoms with Gasteiger partial charge in [0.05, 0.1) is 23.1 Å². The number of nitrogens with one attached hydrogen (secondary N) is 1. The zero-order valence-electron chi connectivity index (χ0n) is 11.6. The zero-order chi connectivity index (χ0) is 14.6. The Morgan fingerprint density at radius 1 is 1.35 bits per heavy atom. The van der Waals surface area contributed by atoms with Crippen molar-refractivity contribution in [2.24, 2.45) is 0 Å². The highest BCUT2D eigenvalue weighted by Gasteiger charge is 2.23. The van der Waals surface area contributed by atoms with Gasteiger partial charge in [0.15, 0.2) is 0 Å². The van der Waals surface area contributed by atoms with Crippen LogP contribution in [0.1, 0.15) is 26.2 Å². The van der Waals surface area contributed by atoms with Crippen molar-refractivity contribution in [1.82, 2.24) is 0 Å². The summed E-state index contributed by atoms with van der Waals surface area (Å²) in [5.74, 6) is 1.21. The van der Waals surface area contributed by atoms with Crippen LogP contribution in [0.3, 0.4) is 0 Å². The van der Waals surface area contributed by atoms with Gasteiger partial charge in [-0.25, -0.2) is 8.42 Å². The third kappa shape index (κ3) is 4.28. The molecule has 0 spiro atoms. The summed E-state index contributed by atoms with van der Waals surface area (Å²) in [5.41, 5.74) is 0.906. The monoisotopic (exact) mass is 317 g/mol. The van der Waals surface area contributed by atoms with E-state index in [4.69, 9.17) is 16.3 Å². The number of ether oxygens (including phenoxy) is 1. The quantitative estimate of drug-likeness (QED) is 0.906. The first-order valence-electron chi connectivity index (χ1n) is 6.89. The summed E-state index contributed by atoms with van der Waals surface area (Å²) < 4.78 is 28.3. The Hall–Kier alpha value is -0.940. The van der Waals surface area contributed by atoms with Crippen molar-refractivity contribution in [2.75, 3.05) is 23.4 Å². The van der Waals surface area contributed by atoms with Crippen molar-refractivity contribution in [3.05, 3.63) is 23.2 Å². The van der Waals surface area contributed by atoms with Gasteiger partial charge < -0.3 is 10.1 Å². The van der Waals surface area contributed by atoms with Gasteiger partial charge in [0.25, 0.3) is 0 Å². The highest BCUT2D eigenvalue weighted by molar-refractivity contribution is 7.91. The van der Waals surface area contributed by atoms with Crippen LogP contribution in [0.4, 0.5) is 5.69 Å². The lowest BCUT2D eigenvalue weighted by Crippen LogP contribution is -2.32. The average Bonchev–Trinajstić information content (AvgIpc) is 2.40. The summed E-state index contributed by atoms with van der Waals surface area (Å²) >= 11 is 6.17. The number of hydrogen-bond donors (Lipinski definition) is 1. The topological polar surface area (TPSA) is 55.4 Å². The van der Waals surface area contributed by atoms with Crippen molar-refractivity contribution in [1.29, 1.82) is 0 Å². The summed E-state index contributed by atoms with van der Waals surface area (Å²) in [4.78, 5) is 0. The van der Waals surface area contributed by atoms with Gasteiger partial charge in [0.2, 0.25) is 0 Å². The van der Waals surface area contributed by atoms with Crippen LogP contribution in [0.15, 0.2) is 18.2 Å². The van der Waals surface area contributed by atoms with Gasteiger partial charge in [-0.15, -0.1) is 0 Å². The molecule has 4 nitrogen and oxygen atoms in total. The highest BCUT2D eigenvalue weighted by atomic mass is 35.5. The van der Waals surface area contributed by atoms with Crippen molar-refractivity contribution in [3.63, 3.8) is 0 Å². The molecule has 1 N–H and O–H groups in total. The summed E-state index contributed by atoms with van der Waals surface area (Å²) in [6.07, 6.45) is 2.23. The maximum absolute atomic E-state index is 11.4. The molecule has 1 aliphatic heterocycles. The minimum atomic E-state index is -2.82. The smallest absolute Gasteiger partial charge is 0.150 e. The van der Waals surface area contributed by atoms with Crippen LogP contribution < -0.4 is 10.1 Å². The Morgan fingerprint density at radius 3 is 2.65 bits per heavy atom. The van der Waals surface area contributed by atoms with E-state index >= 15 is 0 Å². The van der Waals surface area contributed by atoms with Crippen molar-refractivity contribution in [2.45, 2.75) is 32.2 Å². The molecule has 2 rings (SSSR count). The molecule has 0 aromatic heterocycles. The van der Waals surface area contributed by atoms with Crippen molar-refractivity contribution < 1.29 is 13.2 Å². The van der Waals surface area contributed by atoms with E-state index in [1.807, 2.05) is 25.1 Å². The van der Waals surface area contributed by atoms with E-state index in [1.54, 1.807) is 0 Å². The average molecular weight is 318 g/mol. The predicted molar refractivity (Wildman–Crippen MR) is 82.5 cm³/mol. The van der Waals surface area contributed by atoms with Crippen molar-refractivity contribution >= 4 is 27.1 Å². The van der Waals surface area contributed by atoms with Gasteiger partial charge in [-0.3, -0.25) is 0 Å². The second kappa shape index (κ2) is 6.68. The van der Waals surface area contributed by atoms with Gasteiger partial charge in [0, 0.05) is 11.7 Å². The van der Waals surface area contributed by atoms with Gasteiger partial charge in [-0.05, 0) is 37.5 Å². The third-order valence-corrected chi connectivity index (χ3v) is 5.33. The van der Waals surface area contributed by atoms with Crippen LogP contribution in [-0.4, -0.2) is 32.6 Å².